The fourth-order valence-corrected chi connectivity index (χ4v) is 0.793. The summed E-state index contributed by atoms with van der Waals surface area (Å²) in [6, 6.07) is 0. The van der Waals surface area contributed by atoms with Gasteiger partial charge in [0.15, 0.2) is 0 Å². The van der Waals surface area contributed by atoms with Gasteiger partial charge in [0.05, 0.1) is 5.70 Å². The van der Waals surface area contributed by atoms with E-state index in [1.807, 2.05) is 19.9 Å². The van der Waals surface area contributed by atoms with Crippen LogP contribution in [0.4, 0.5) is 0 Å². The van der Waals surface area contributed by atoms with Crippen molar-refractivity contribution in [2.75, 3.05) is 0 Å². The molecule has 0 saturated carbocycles. The van der Waals surface area contributed by atoms with Gasteiger partial charge in [0.2, 0.25) is 0 Å². The monoisotopic (exact) mass is 176 g/mol. The molecule has 2 heteroatoms. The zero-order valence-electron chi connectivity index (χ0n) is 8.30. The standard InChI is InChI=1S/C11H16N2/c1-6-8-10(4)13-11(5)12-9(3)7-2/h6-8H,1-3H2,4-5H3,(H,12,13)/b10-8+. The Morgan fingerprint density at radius 3 is 2.38 bits per heavy atom. The Kier molecular flexibility index (Phi) is 5.28. The summed E-state index contributed by atoms with van der Waals surface area (Å²) in [5.41, 5.74) is 1.64. The van der Waals surface area contributed by atoms with Crippen LogP contribution in [0.2, 0.25) is 0 Å². The summed E-state index contributed by atoms with van der Waals surface area (Å²) in [6.07, 6.45) is 5.20. The number of allylic oxidation sites excluding steroid dienone is 4. The first-order valence-electron chi connectivity index (χ1n) is 4.03. The Morgan fingerprint density at radius 1 is 1.31 bits per heavy atom. The molecule has 2 nitrogen and oxygen atoms in total. The van der Waals surface area contributed by atoms with Crippen molar-refractivity contribution in [1.82, 2.24) is 5.32 Å². The summed E-state index contributed by atoms with van der Waals surface area (Å²) < 4.78 is 0. The molecular weight excluding hydrogens is 160 g/mol. The Bertz CT molecular complexity index is 270. The van der Waals surface area contributed by atoms with E-state index >= 15 is 0 Å². The van der Waals surface area contributed by atoms with Gasteiger partial charge in [-0.05, 0) is 26.0 Å². The largest absolute Gasteiger partial charge is 0.348 e. The van der Waals surface area contributed by atoms with Crippen molar-refractivity contribution < 1.29 is 0 Å². The Morgan fingerprint density at radius 2 is 1.92 bits per heavy atom. The number of aliphatic imine (C=N–C) groups is 1. The number of hydrogen-bond donors (Lipinski definition) is 1. The Labute approximate surface area is 80.1 Å². The van der Waals surface area contributed by atoms with Crippen molar-refractivity contribution in [3.05, 3.63) is 49.4 Å². The molecule has 0 aromatic heterocycles. The average molecular weight is 176 g/mol. The molecule has 0 fully saturated rings. The molecule has 0 unspecified atom stereocenters. The van der Waals surface area contributed by atoms with Crippen LogP contribution in [0, 0.1) is 0 Å². The first-order valence-corrected chi connectivity index (χ1v) is 4.03. The van der Waals surface area contributed by atoms with E-state index in [1.165, 1.54) is 0 Å². The van der Waals surface area contributed by atoms with E-state index in [4.69, 9.17) is 0 Å². The maximum Gasteiger partial charge on any atom is 0.103 e. The van der Waals surface area contributed by atoms with Gasteiger partial charge in [0.25, 0.3) is 0 Å². The summed E-state index contributed by atoms with van der Waals surface area (Å²) in [7, 11) is 0. The van der Waals surface area contributed by atoms with Crippen LogP contribution in [0.25, 0.3) is 0 Å². The van der Waals surface area contributed by atoms with Crippen molar-refractivity contribution in [3.8, 4) is 0 Å². The molecule has 0 radical (unpaired) electrons. The lowest BCUT2D eigenvalue weighted by Crippen LogP contribution is -2.17. The maximum atomic E-state index is 4.14. The minimum Gasteiger partial charge on any atom is -0.348 e. The van der Waals surface area contributed by atoms with E-state index in [1.54, 1.807) is 12.2 Å². The van der Waals surface area contributed by atoms with E-state index in [-0.39, 0.29) is 0 Å². The highest BCUT2D eigenvalue weighted by Crippen LogP contribution is 1.94. The molecule has 0 aliphatic rings. The molecule has 0 spiro atoms. The van der Waals surface area contributed by atoms with E-state index in [9.17, 15) is 0 Å². The van der Waals surface area contributed by atoms with Crippen LogP contribution in [0.1, 0.15) is 13.8 Å². The molecule has 0 aromatic rings. The molecule has 0 amide bonds. The third-order valence-electron chi connectivity index (χ3n) is 1.29. The van der Waals surface area contributed by atoms with Gasteiger partial charge in [-0.1, -0.05) is 25.8 Å². The van der Waals surface area contributed by atoms with Crippen LogP contribution in [0.5, 0.6) is 0 Å². The van der Waals surface area contributed by atoms with Crippen molar-refractivity contribution in [3.63, 3.8) is 0 Å². The third-order valence-corrected chi connectivity index (χ3v) is 1.29. The van der Waals surface area contributed by atoms with Crippen LogP contribution in [-0.4, -0.2) is 5.84 Å². The lowest BCUT2D eigenvalue weighted by molar-refractivity contribution is 1.10. The molecule has 70 valence electrons. The zero-order chi connectivity index (χ0) is 10.3. The fourth-order valence-electron chi connectivity index (χ4n) is 0.793. The van der Waals surface area contributed by atoms with Crippen LogP contribution >= 0.6 is 0 Å². The summed E-state index contributed by atoms with van der Waals surface area (Å²) >= 11 is 0. The number of rotatable bonds is 4. The molecular formula is C11H16N2. The first kappa shape index (κ1) is 11.4. The second-order valence-corrected chi connectivity index (χ2v) is 2.60. The molecule has 0 aromatic carbocycles. The van der Waals surface area contributed by atoms with E-state index in [0.717, 1.165) is 11.5 Å². The van der Waals surface area contributed by atoms with Crippen LogP contribution in [0.3, 0.4) is 0 Å². The molecule has 0 bridgehead atoms. The molecule has 0 aliphatic heterocycles. The van der Waals surface area contributed by atoms with Crippen LogP contribution in [0.15, 0.2) is 54.4 Å². The highest BCUT2D eigenvalue weighted by atomic mass is 15.0. The third kappa shape index (κ3) is 5.67. The summed E-state index contributed by atoms with van der Waals surface area (Å²) in [5, 5.41) is 3.08. The van der Waals surface area contributed by atoms with Gasteiger partial charge in [0, 0.05) is 5.70 Å². The van der Waals surface area contributed by atoms with Crippen LogP contribution < -0.4 is 5.32 Å². The van der Waals surface area contributed by atoms with E-state index < -0.39 is 0 Å². The predicted molar refractivity (Wildman–Crippen MR) is 59.5 cm³/mol. The smallest absolute Gasteiger partial charge is 0.103 e. The topological polar surface area (TPSA) is 24.4 Å². The fraction of sp³-hybridized carbons (Fsp3) is 0.182. The summed E-state index contributed by atoms with van der Waals surface area (Å²) in [6.45, 7) is 14.7. The summed E-state index contributed by atoms with van der Waals surface area (Å²) in [4.78, 5) is 4.14. The van der Waals surface area contributed by atoms with Crippen molar-refractivity contribution in [2.24, 2.45) is 4.99 Å². The van der Waals surface area contributed by atoms with Gasteiger partial charge in [-0.2, -0.15) is 0 Å². The zero-order valence-corrected chi connectivity index (χ0v) is 8.30. The highest BCUT2D eigenvalue weighted by Gasteiger charge is 1.90. The molecule has 0 saturated heterocycles. The van der Waals surface area contributed by atoms with Crippen molar-refractivity contribution >= 4 is 5.84 Å². The predicted octanol–water partition coefficient (Wildman–Crippen LogP) is 2.78. The lowest BCUT2D eigenvalue weighted by atomic mass is 10.4. The minimum atomic E-state index is 0.649. The number of nitrogens with one attached hydrogen (secondary N) is 1. The normalized spacial score (nSPS) is 12.2. The molecule has 0 atom stereocenters. The van der Waals surface area contributed by atoms with Gasteiger partial charge in [-0.15, -0.1) is 0 Å². The van der Waals surface area contributed by atoms with Crippen LogP contribution in [-0.2, 0) is 0 Å². The number of amidine groups is 1. The van der Waals surface area contributed by atoms with E-state index in [2.05, 4.69) is 30.0 Å². The van der Waals surface area contributed by atoms with E-state index in [0.29, 0.717) is 5.70 Å². The maximum absolute atomic E-state index is 4.14. The second-order valence-electron chi connectivity index (χ2n) is 2.60. The minimum absolute atomic E-state index is 0.649. The van der Waals surface area contributed by atoms with Gasteiger partial charge in [0.1, 0.15) is 5.84 Å². The Hall–Kier alpha value is -1.57. The molecule has 0 rings (SSSR count). The molecule has 1 N–H and O–H groups in total. The Balaban J connectivity index is 4.29. The molecule has 0 aliphatic carbocycles. The SMILES string of the molecule is C=C/C=C(\C)N/C(C)=N/C(=C)C=C. The first-order chi connectivity index (χ1) is 6.10. The van der Waals surface area contributed by atoms with Gasteiger partial charge in [-0.25, -0.2) is 4.99 Å². The quantitative estimate of drug-likeness (QED) is 0.397. The lowest BCUT2D eigenvalue weighted by Gasteiger charge is -2.04. The van der Waals surface area contributed by atoms with Crippen molar-refractivity contribution in [1.29, 1.82) is 0 Å². The highest BCUT2D eigenvalue weighted by molar-refractivity contribution is 5.82. The molecule has 0 heterocycles. The van der Waals surface area contributed by atoms with Crippen molar-refractivity contribution in [2.45, 2.75) is 13.8 Å². The second kappa shape index (κ2) is 6.00. The number of nitrogens with zero attached hydrogens (tertiary/aromatic N) is 1. The average Bonchev–Trinajstić information content (AvgIpc) is 2.04. The van der Waals surface area contributed by atoms with Gasteiger partial charge < -0.3 is 5.32 Å². The molecule has 13 heavy (non-hydrogen) atoms. The number of hydrogen-bond acceptors (Lipinski definition) is 1. The van der Waals surface area contributed by atoms with Gasteiger partial charge >= 0.3 is 0 Å². The van der Waals surface area contributed by atoms with Gasteiger partial charge in [-0.3, -0.25) is 0 Å². The summed E-state index contributed by atoms with van der Waals surface area (Å²) in [5.74, 6) is 0.792.